The molecule has 2 nitrogen and oxygen atoms in total. The molecule has 0 aliphatic rings. The van der Waals surface area contributed by atoms with E-state index >= 15 is 0 Å². The summed E-state index contributed by atoms with van der Waals surface area (Å²) in [6.45, 7) is 2.42. The maximum atomic E-state index is 14.6. The Labute approximate surface area is 177 Å². The van der Waals surface area contributed by atoms with Gasteiger partial charge in [-0.15, -0.1) is 0 Å². The van der Waals surface area contributed by atoms with Gasteiger partial charge in [0.25, 0.3) is 0 Å². The van der Waals surface area contributed by atoms with E-state index in [1.165, 1.54) is 0 Å². The third-order valence-corrected chi connectivity index (χ3v) is 8.70. The third-order valence-electron chi connectivity index (χ3n) is 4.41. The number of ether oxygens (including phenoxy) is 1. The Balaban J connectivity index is 2.17. The minimum atomic E-state index is -3.06. The molecule has 27 heavy (non-hydrogen) atoms. The highest BCUT2D eigenvalue weighted by molar-refractivity contribution is 9.24. The standard InChI is InChI=1S/C22H21Br2O2P/c1-2-26-22(18-15-13-17(14-16-18)21(23)24)27(25,19-9-5-3-6-10-19)20-11-7-4-8-12-20/h3-16,21-22H,2H2,1H3. The minimum absolute atomic E-state index is 0.0830. The van der Waals surface area contributed by atoms with Crippen LogP contribution in [0, 0.1) is 0 Å². The van der Waals surface area contributed by atoms with Crippen LogP contribution in [-0.4, -0.2) is 6.61 Å². The average Bonchev–Trinajstić information content (AvgIpc) is 2.73. The Morgan fingerprint density at radius 2 is 1.22 bits per heavy atom. The van der Waals surface area contributed by atoms with Crippen LogP contribution in [0.3, 0.4) is 0 Å². The zero-order valence-corrected chi connectivity index (χ0v) is 19.0. The summed E-state index contributed by atoms with van der Waals surface area (Å²) in [6, 6.07) is 27.4. The van der Waals surface area contributed by atoms with Crippen LogP contribution in [-0.2, 0) is 9.30 Å². The molecule has 0 heterocycles. The number of alkyl halides is 2. The van der Waals surface area contributed by atoms with Crippen molar-refractivity contribution in [2.45, 2.75) is 16.5 Å². The molecule has 1 atom stereocenters. The predicted molar refractivity (Wildman–Crippen MR) is 121 cm³/mol. The molecule has 0 saturated heterocycles. The summed E-state index contributed by atoms with van der Waals surface area (Å²) in [6.07, 6.45) is 0. The molecule has 0 N–H and O–H groups in total. The first-order valence-electron chi connectivity index (χ1n) is 8.78. The molecule has 0 bridgehead atoms. The molecule has 0 saturated carbocycles. The van der Waals surface area contributed by atoms with Crippen molar-refractivity contribution in [3.05, 3.63) is 96.1 Å². The number of hydrogen-bond acceptors (Lipinski definition) is 2. The summed E-state index contributed by atoms with van der Waals surface area (Å²) >= 11 is 7.04. The molecule has 0 radical (unpaired) electrons. The van der Waals surface area contributed by atoms with Gasteiger partial charge in [0, 0.05) is 17.2 Å². The lowest BCUT2D eigenvalue weighted by molar-refractivity contribution is 0.118. The maximum absolute atomic E-state index is 14.6. The summed E-state index contributed by atoms with van der Waals surface area (Å²) in [7, 11) is -3.06. The molecule has 3 aromatic rings. The van der Waals surface area contributed by atoms with Gasteiger partial charge in [0.15, 0.2) is 7.14 Å². The topological polar surface area (TPSA) is 26.3 Å². The van der Waals surface area contributed by atoms with Crippen LogP contribution in [0.2, 0.25) is 0 Å². The molecule has 0 spiro atoms. The molecule has 5 heteroatoms. The van der Waals surface area contributed by atoms with Gasteiger partial charge >= 0.3 is 0 Å². The molecule has 1 unspecified atom stereocenters. The van der Waals surface area contributed by atoms with Gasteiger partial charge in [-0.3, -0.25) is 0 Å². The van der Waals surface area contributed by atoms with Gasteiger partial charge in [0.1, 0.15) is 5.85 Å². The molecule has 0 aromatic heterocycles. The second-order valence-electron chi connectivity index (χ2n) is 6.10. The largest absolute Gasteiger partial charge is 0.365 e. The van der Waals surface area contributed by atoms with E-state index in [1.54, 1.807) is 0 Å². The molecule has 0 aliphatic heterocycles. The fraction of sp³-hybridized carbons (Fsp3) is 0.182. The average molecular weight is 508 g/mol. The Bertz CT molecular complexity index is 853. The highest BCUT2D eigenvalue weighted by Crippen LogP contribution is 2.57. The van der Waals surface area contributed by atoms with Crippen molar-refractivity contribution < 1.29 is 9.30 Å². The molecule has 0 aliphatic carbocycles. The van der Waals surface area contributed by atoms with Crippen LogP contribution in [0.25, 0.3) is 0 Å². The van der Waals surface area contributed by atoms with E-state index in [4.69, 9.17) is 4.74 Å². The van der Waals surface area contributed by atoms with Crippen molar-refractivity contribution in [1.82, 2.24) is 0 Å². The maximum Gasteiger partial charge on any atom is 0.174 e. The zero-order valence-electron chi connectivity index (χ0n) is 15.0. The molecule has 0 fully saturated rings. The van der Waals surface area contributed by atoms with E-state index in [0.29, 0.717) is 6.61 Å². The lowest BCUT2D eigenvalue weighted by Crippen LogP contribution is -2.23. The monoisotopic (exact) mass is 506 g/mol. The number of halogens is 2. The quantitative estimate of drug-likeness (QED) is 0.268. The molecular weight excluding hydrogens is 487 g/mol. The van der Waals surface area contributed by atoms with Crippen LogP contribution < -0.4 is 10.6 Å². The van der Waals surface area contributed by atoms with Gasteiger partial charge in [0.2, 0.25) is 0 Å². The first-order chi connectivity index (χ1) is 13.1. The van der Waals surface area contributed by atoms with E-state index in [-0.39, 0.29) is 3.74 Å². The van der Waals surface area contributed by atoms with Crippen molar-refractivity contribution in [3.8, 4) is 0 Å². The highest BCUT2D eigenvalue weighted by Gasteiger charge is 2.38. The van der Waals surface area contributed by atoms with E-state index < -0.39 is 13.0 Å². The van der Waals surface area contributed by atoms with Gasteiger partial charge in [-0.25, -0.2) is 0 Å². The van der Waals surface area contributed by atoms with E-state index in [9.17, 15) is 4.57 Å². The molecular formula is C22H21Br2O2P. The minimum Gasteiger partial charge on any atom is -0.365 e. The van der Waals surface area contributed by atoms with Gasteiger partial charge in [-0.05, 0) is 18.1 Å². The van der Waals surface area contributed by atoms with Crippen molar-refractivity contribution in [1.29, 1.82) is 0 Å². The molecule has 140 valence electrons. The fourth-order valence-corrected chi connectivity index (χ4v) is 6.73. The van der Waals surface area contributed by atoms with Crippen molar-refractivity contribution in [2.75, 3.05) is 6.61 Å². The fourth-order valence-electron chi connectivity index (χ4n) is 3.09. The summed E-state index contributed by atoms with van der Waals surface area (Å²) in [5.74, 6) is -0.537. The second-order valence-corrected chi connectivity index (χ2v) is 12.0. The zero-order chi connectivity index (χ0) is 19.3. The molecule has 0 amide bonds. The molecule has 3 aromatic carbocycles. The number of hydrogen-bond donors (Lipinski definition) is 0. The van der Waals surface area contributed by atoms with E-state index in [1.807, 2.05) is 91.9 Å². The summed E-state index contributed by atoms with van der Waals surface area (Å²) in [5, 5.41) is 1.61. The highest BCUT2D eigenvalue weighted by atomic mass is 79.9. The van der Waals surface area contributed by atoms with Crippen molar-refractivity contribution in [3.63, 3.8) is 0 Å². The van der Waals surface area contributed by atoms with Crippen LogP contribution in [0.1, 0.15) is 27.6 Å². The lowest BCUT2D eigenvalue weighted by atomic mass is 10.2. The first-order valence-corrected chi connectivity index (χ1v) is 12.4. The van der Waals surface area contributed by atoms with Gasteiger partial charge in [0.05, 0.1) is 3.74 Å². The summed E-state index contributed by atoms with van der Waals surface area (Å²) in [4.78, 5) is 0. The lowest BCUT2D eigenvalue weighted by Gasteiger charge is -2.29. The molecule has 3 rings (SSSR count). The van der Waals surface area contributed by atoms with Crippen molar-refractivity contribution in [2.24, 2.45) is 0 Å². The Hall–Kier alpha value is -1.19. The Morgan fingerprint density at radius 1 is 0.778 bits per heavy atom. The summed E-state index contributed by atoms with van der Waals surface area (Å²) < 4.78 is 20.8. The van der Waals surface area contributed by atoms with Crippen LogP contribution in [0.5, 0.6) is 0 Å². The number of rotatable bonds is 7. The summed E-state index contributed by atoms with van der Waals surface area (Å²) in [5.41, 5.74) is 2.01. The third kappa shape index (κ3) is 4.46. The van der Waals surface area contributed by atoms with E-state index in [2.05, 4.69) is 31.9 Å². The smallest absolute Gasteiger partial charge is 0.174 e. The Morgan fingerprint density at radius 3 is 1.63 bits per heavy atom. The van der Waals surface area contributed by atoms with Crippen molar-refractivity contribution >= 4 is 49.6 Å². The predicted octanol–water partition coefficient (Wildman–Crippen LogP) is 6.52. The SMILES string of the molecule is CCOC(c1ccc(C(Br)Br)cc1)P(=O)(c1ccccc1)c1ccccc1. The Kier molecular flexibility index (Phi) is 7.10. The first kappa shape index (κ1) is 20.5. The normalized spacial score (nSPS) is 12.9. The van der Waals surface area contributed by atoms with Gasteiger partial charge < -0.3 is 9.30 Å². The second kappa shape index (κ2) is 9.34. The van der Waals surface area contributed by atoms with Gasteiger partial charge in [-0.2, -0.15) is 0 Å². The van der Waals surface area contributed by atoms with E-state index in [0.717, 1.165) is 21.7 Å². The van der Waals surface area contributed by atoms with Crippen LogP contribution in [0.15, 0.2) is 84.9 Å². The van der Waals surface area contributed by atoms with Gasteiger partial charge in [-0.1, -0.05) is 117 Å². The van der Waals surface area contributed by atoms with Crippen LogP contribution in [0.4, 0.5) is 0 Å². The number of benzene rings is 3. The van der Waals surface area contributed by atoms with Crippen LogP contribution >= 0.6 is 39.0 Å².